The van der Waals surface area contributed by atoms with Gasteiger partial charge in [0.15, 0.2) is 0 Å². The maximum atomic E-state index is 12.9. The fraction of sp³-hybridized carbons (Fsp3) is 0.545. The highest BCUT2D eigenvalue weighted by Gasteiger charge is 2.52. The van der Waals surface area contributed by atoms with Crippen molar-refractivity contribution >= 4 is 35.4 Å². The highest BCUT2D eigenvalue weighted by molar-refractivity contribution is 6.33. The molecule has 0 bridgehead atoms. The van der Waals surface area contributed by atoms with Crippen molar-refractivity contribution in [1.29, 1.82) is 0 Å². The number of nitrogens with one attached hydrogen (secondary N) is 2. The van der Waals surface area contributed by atoms with Crippen LogP contribution < -0.4 is 10.7 Å². The summed E-state index contributed by atoms with van der Waals surface area (Å²) in [5.41, 5.74) is 2.04. The smallest absolute Gasteiger partial charge is 0.336 e. The van der Waals surface area contributed by atoms with Crippen molar-refractivity contribution in [3.8, 4) is 0 Å². The molecule has 2 saturated heterocycles. The topological polar surface area (TPSA) is 102 Å². The summed E-state index contributed by atoms with van der Waals surface area (Å²) in [6, 6.07) is 6.35. The molecule has 3 aliphatic rings. The van der Waals surface area contributed by atoms with Gasteiger partial charge in [-0.15, -0.1) is 0 Å². The van der Waals surface area contributed by atoms with Gasteiger partial charge in [0, 0.05) is 26.2 Å². The van der Waals surface area contributed by atoms with Gasteiger partial charge < -0.3 is 10.2 Å². The van der Waals surface area contributed by atoms with Gasteiger partial charge in [-0.3, -0.25) is 24.7 Å². The van der Waals surface area contributed by atoms with E-state index in [-0.39, 0.29) is 18.4 Å². The molecule has 2 heterocycles. The van der Waals surface area contributed by atoms with Crippen LogP contribution in [-0.4, -0.2) is 76.8 Å². The van der Waals surface area contributed by atoms with Crippen LogP contribution in [0.15, 0.2) is 24.3 Å². The van der Waals surface area contributed by atoms with E-state index in [0.717, 1.165) is 17.9 Å². The van der Waals surface area contributed by atoms with E-state index < -0.39 is 17.5 Å². The molecule has 1 saturated carbocycles. The average molecular weight is 462 g/mol. The summed E-state index contributed by atoms with van der Waals surface area (Å²) in [5.74, 6) is -0.415. The average Bonchev–Trinajstić information content (AvgIpc) is 3.00. The quantitative estimate of drug-likeness (QED) is 0.663. The summed E-state index contributed by atoms with van der Waals surface area (Å²) in [5, 5.41) is 4.03. The van der Waals surface area contributed by atoms with Crippen molar-refractivity contribution in [3.05, 3.63) is 34.9 Å². The Morgan fingerprint density at radius 1 is 1.12 bits per heavy atom. The Kier molecular flexibility index (Phi) is 6.39. The normalized spacial score (nSPS) is 26.4. The van der Waals surface area contributed by atoms with E-state index in [9.17, 15) is 19.2 Å². The first-order valence-electron chi connectivity index (χ1n) is 11.0. The molecule has 3 fully saturated rings. The van der Waals surface area contributed by atoms with Crippen molar-refractivity contribution in [2.45, 2.75) is 38.1 Å². The largest absolute Gasteiger partial charge is 0.344 e. The number of urea groups is 1. The third-order valence-electron chi connectivity index (χ3n) is 6.66. The number of hydrogen-bond acceptors (Lipinski definition) is 5. The van der Waals surface area contributed by atoms with E-state index in [2.05, 4.69) is 17.7 Å². The first-order valence-corrected chi connectivity index (χ1v) is 11.4. The minimum absolute atomic E-state index is 0.0369. The Bertz CT molecular complexity index is 923. The van der Waals surface area contributed by atoms with E-state index >= 15 is 0 Å². The van der Waals surface area contributed by atoms with E-state index in [0.29, 0.717) is 55.5 Å². The van der Waals surface area contributed by atoms with Gasteiger partial charge in [-0.25, -0.2) is 4.79 Å². The second-order valence-corrected chi connectivity index (χ2v) is 9.33. The number of imide groups is 1. The summed E-state index contributed by atoms with van der Waals surface area (Å²) in [4.78, 5) is 54.0. The molecule has 10 heteroatoms. The van der Waals surface area contributed by atoms with Crippen LogP contribution in [0.3, 0.4) is 0 Å². The highest BCUT2D eigenvalue weighted by atomic mass is 35.5. The second-order valence-electron chi connectivity index (χ2n) is 8.92. The molecule has 2 N–H and O–H groups in total. The van der Waals surface area contributed by atoms with E-state index in [4.69, 9.17) is 11.6 Å². The molecule has 1 aliphatic carbocycles. The van der Waals surface area contributed by atoms with E-state index in [1.807, 2.05) is 4.90 Å². The molecule has 5 amide bonds. The van der Waals surface area contributed by atoms with Crippen molar-refractivity contribution in [3.63, 3.8) is 0 Å². The maximum absolute atomic E-state index is 12.9. The lowest BCUT2D eigenvalue weighted by Crippen LogP contribution is -2.55. The Morgan fingerprint density at radius 2 is 1.78 bits per heavy atom. The fourth-order valence-corrected chi connectivity index (χ4v) is 4.81. The molecule has 4 rings (SSSR count). The maximum Gasteiger partial charge on any atom is 0.344 e. The monoisotopic (exact) mass is 461 g/mol. The zero-order chi connectivity index (χ0) is 22.9. The van der Waals surface area contributed by atoms with Crippen LogP contribution in [0.5, 0.6) is 0 Å². The minimum atomic E-state index is -0.887. The zero-order valence-electron chi connectivity index (χ0n) is 18.1. The molecule has 32 heavy (non-hydrogen) atoms. The van der Waals surface area contributed by atoms with Gasteiger partial charge in [-0.2, -0.15) is 5.01 Å². The lowest BCUT2D eigenvalue weighted by atomic mass is 9.77. The molecule has 0 aromatic heterocycles. The number of carbonyl (C=O) groups is 4. The molecule has 9 nitrogen and oxygen atoms in total. The molecule has 1 spiro atoms. The number of halogens is 1. The number of rotatable bonds is 4. The van der Waals surface area contributed by atoms with Crippen molar-refractivity contribution in [2.75, 3.05) is 32.7 Å². The van der Waals surface area contributed by atoms with E-state index in [1.54, 1.807) is 29.2 Å². The standard InChI is InChI=1S/C22H28ClN5O4/c1-15-6-8-22(9-7-15)20(31)28(21(32)24-22)25-18(29)14-26-10-12-27(13-11-26)19(30)16-4-2-3-5-17(16)23/h2-5,15H,6-14H2,1H3,(H,24,32)(H,25,29). The van der Waals surface area contributed by atoms with Crippen LogP contribution in [0.1, 0.15) is 43.0 Å². The minimum Gasteiger partial charge on any atom is -0.336 e. The SMILES string of the molecule is CC1CCC2(CC1)NC(=O)N(NC(=O)CN1CCN(C(=O)c3ccccc3Cl)CC1)C2=O. The Labute approximate surface area is 192 Å². The van der Waals surface area contributed by atoms with Crippen LogP contribution >= 0.6 is 11.6 Å². The summed E-state index contributed by atoms with van der Waals surface area (Å²) >= 11 is 6.13. The van der Waals surface area contributed by atoms with Gasteiger partial charge >= 0.3 is 6.03 Å². The van der Waals surface area contributed by atoms with Gasteiger partial charge in [-0.1, -0.05) is 30.7 Å². The molecule has 0 atom stereocenters. The van der Waals surface area contributed by atoms with Crippen molar-refractivity contribution < 1.29 is 19.2 Å². The Morgan fingerprint density at radius 3 is 2.44 bits per heavy atom. The third-order valence-corrected chi connectivity index (χ3v) is 6.99. The molecule has 0 radical (unpaired) electrons. The molecule has 1 aromatic carbocycles. The number of hydrogen-bond donors (Lipinski definition) is 2. The van der Waals surface area contributed by atoms with Crippen LogP contribution in [-0.2, 0) is 9.59 Å². The summed E-state index contributed by atoms with van der Waals surface area (Å²) in [6.45, 7) is 4.10. The molecular weight excluding hydrogens is 434 g/mol. The van der Waals surface area contributed by atoms with Crippen LogP contribution in [0.2, 0.25) is 5.02 Å². The van der Waals surface area contributed by atoms with Gasteiger partial charge in [0.25, 0.3) is 17.7 Å². The number of benzene rings is 1. The number of amides is 5. The number of hydrazine groups is 1. The Hall–Kier alpha value is -2.65. The van der Waals surface area contributed by atoms with Crippen LogP contribution in [0, 0.1) is 5.92 Å². The first kappa shape index (κ1) is 22.5. The molecule has 1 aromatic rings. The molecule has 0 unspecified atom stereocenters. The van der Waals surface area contributed by atoms with Gasteiger partial charge in [0.1, 0.15) is 5.54 Å². The van der Waals surface area contributed by atoms with Gasteiger partial charge in [0.2, 0.25) is 0 Å². The number of piperazine rings is 1. The lowest BCUT2D eigenvalue weighted by Gasteiger charge is -2.35. The molecule has 172 valence electrons. The van der Waals surface area contributed by atoms with Crippen LogP contribution in [0.25, 0.3) is 0 Å². The number of carbonyl (C=O) groups excluding carboxylic acids is 4. The summed E-state index contributed by atoms with van der Waals surface area (Å²) in [7, 11) is 0. The molecular formula is C22H28ClN5O4. The third kappa shape index (κ3) is 4.45. The predicted molar refractivity (Wildman–Crippen MR) is 118 cm³/mol. The highest BCUT2D eigenvalue weighted by Crippen LogP contribution is 2.35. The van der Waals surface area contributed by atoms with Crippen molar-refractivity contribution in [2.24, 2.45) is 5.92 Å². The second kappa shape index (κ2) is 9.07. The summed E-state index contributed by atoms with van der Waals surface area (Å²) < 4.78 is 0. The first-order chi connectivity index (χ1) is 15.3. The van der Waals surface area contributed by atoms with Crippen LogP contribution in [0.4, 0.5) is 4.79 Å². The van der Waals surface area contributed by atoms with Gasteiger partial charge in [-0.05, 0) is 43.7 Å². The van der Waals surface area contributed by atoms with E-state index in [1.165, 1.54) is 0 Å². The van der Waals surface area contributed by atoms with Crippen molar-refractivity contribution in [1.82, 2.24) is 25.6 Å². The lowest BCUT2D eigenvalue weighted by molar-refractivity contribution is -0.140. The Balaban J connectivity index is 1.27. The fourth-order valence-electron chi connectivity index (χ4n) is 4.59. The summed E-state index contributed by atoms with van der Waals surface area (Å²) in [6.07, 6.45) is 2.91. The van der Waals surface area contributed by atoms with Gasteiger partial charge in [0.05, 0.1) is 17.1 Å². The predicted octanol–water partition coefficient (Wildman–Crippen LogP) is 1.63. The zero-order valence-corrected chi connectivity index (χ0v) is 18.9. The molecule has 2 aliphatic heterocycles. The number of nitrogens with zero attached hydrogens (tertiary/aromatic N) is 3.